The van der Waals surface area contributed by atoms with Gasteiger partial charge in [-0.3, -0.25) is 4.98 Å². The van der Waals surface area contributed by atoms with Gasteiger partial charge in [0.05, 0.1) is 10.3 Å². The van der Waals surface area contributed by atoms with Gasteiger partial charge in [-0.2, -0.15) is 0 Å². The van der Waals surface area contributed by atoms with Gasteiger partial charge in [-0.05, 0) is 84.7 Å². The fourth-order valence-corrected chi connectivity index (χ4v) is 4.75. The monoisotopic (exact) mass is 502 g/mol. The molecular weight excluding hydrogens is 472 g/mol. The number of hydrogen-bond acceptors (Lipinski definition) is 4. The highest BCUT2D eigenvalue weighted by atomic mass is 32.2. The van der Waals surface area contributed by atoms with Crippen molar-refractivity contribution in [3.8, 4) is 22.3 Å². The summed E-state index contributed by atoms with van der Waals surface area (Å²) < 4.78 is 24.1. The zero-order valence-electron chi connectivity index (χ0n) is 20.6. The summed E-state index contributed by atoms with van der Waals surface area (Å²) in [6, 6.07) is 25.1. The van der Waals surface area contributed by atoms with Crippen molar-refractivity contribution in [3.63, 3.8) is 0 Å². The van der Waals surface area contributed by atoms with Crippen LogP contribution in [0, 0.1) is 0 Å². The van der Waals surface area contributed by atoms with Crippen molar-refractivity contribution < 1.29 is 18.3 Å². The summed E-state index contributed by atoms with van der Waals surface area (Å²) in [4.78, 5) is 13.4. The van der Waals surface area contributed by atoms with Gasteiger partial charge in [-0.1, -0.05) is 48.5 Å². The Bertz CT molecular complexity index is 1520. The first kappa shape index (κ1) is 25.4. The minimum absolute atomic E-state index is 0.744. The fraction of sp³-hybridized carbons (Fsp3) is 0.241. The average molecular weight is 503 g/mol. The van der Waals surface area contributed by atoms with E-state index in [1.165, 1.54) is 30.2 Å². The van der Waals surface area contributed by atoms with Crippen LogP contribution in [0.15, 0.2) is 79.0 Å². The predicted octanol–water partition coefficient (Wildman–Crippen LogP) is 6.35. The van der Waals surface area contributed by atoms with E-state index in [1.807, 2.05) is 24.3 Å². The van der Waals surface area contributed by atoms with E-state index in [1.54, 1.807) is 20.0 Å². The second kappa shape index (κ2) is 9.74. The summed E-state index contributed by atoms with van der Waals surface area (Å²) in [5.74, 6) is 0.744. The molecule has 3 aromatic carbocycles. The number of fused-ring (bicyclic) bond motifs is 1. The maximum Gasteiger partial charge on any atom is 0.402 e. The first-order valence-corrected chi connectivity index (χ1v) is 13.6. The van der Waals surface area contributed by atoms with E-state index in [9.17, 15) is 8.42 Å². The van der Waals surface area contributed by atoms with Crippen molar-refractivity contribution in [1.82, 2.24) is 4.98 Å². The molecular formula is C29H30N2O4S. The second-order valence-electron chi connectivity index (χ2n) is 9.70. The normalized spacial score (nSPS) is 13.6. The van der Waals surface area contributed by atoms with Crippen molar-refractivity contribution in [2.45, 2.75) is 37.4 Å². The molecule has 1 aliphatic rings. The summed E-state index contributed by atoms with van der Waals surface area (Å²) in [6.07, 6.45) is 4.35. The Balaban J connectivity index is 0.000000709. The smallest absolute Gasteiger partial charge is 0.402 e. The maximum absolute atomic E-state index is 12.5. The fourth-order valence-electron chi connectivity index (χ4n) is 4.20. The van der Waals surface area contributed by atoms with Crippen LogP contribution in [0.3, 0.4) is 0 Å². The van der Waals surface area contributed by atoms with E-state index < -0.39 is 20.7 Å². The Kier molecular flexibility index (Phi) is 6.87. The number of hydrogen-bond donors (Lipinski definition) is 2. The second-order valence-corrected chi connectivity index (χ2v) is 12.3. The lowest BCUT2D eigenvalue weighted by molar-refractivity contribution is 0.205. The lowest BCUT2D eigenvalue weighted by Crippen LogP contribution is -2.28. The molecule has 3 N–H and O–H groups in total. The highest BCUT2D eigenvalue weighted by Gasteiger charge is 2.33. The molecule has 1 amide bonds. The molecule has 1 fully saturated rings. The molecule has 6 nitrogen and oxygen atoms in total. The summed E-state index contributed by atoms with van der Waals surface area (Å²) in [6.45, 7) is 3.53. The van der Waals surface area contributed by atoms with Crippen molar-refractivity contribution in [2.24, 2.45) is 5.73 Å². The number of pyridine rings is 1. The highest BCUT2D eigenvalue weighted by molar-refractivity contribution is 7.91. The Morgan fingerprint density at radius 1 is 0.944 bits per heavy atom. The standard InChI is InChI=1S/C28H27NO2S.CH3NO2/c1-28(2,32(3,30)31)25-17-24-8-5-15-29-27(24)26(18-25)23-7-4-6-22(16-23)21-13-11-20(12-14-21)19-9-10-19;2-1(3)4/h4-8,11-19H,9-10H2,1-3H3;2H2,(H,3,4). The molecule has 1 saturated carbocycles. The minimum Gasteiger partial charge on any atom is -0.465 e. The number of primary amides is 1. The zero-order chi connectivity index (χ0) is 26.1. The quantitative estimate of drug-likeness (QED) is 0.330. The number of amides is 1. The van der Waals surface area contributed by atoms with Crippen LogP contribution in [0.5, 0.6) is 0 Å². The molecule has 0 saturated heterocycles. The van der Waals surface area contributed by atoms with Gasteiger partial charge in [0.25, 0.3) is 0 Å². The molecule has 4 aromatic rings. The molecule has 0 radical (unpaired) electrons. The van der Waals surface area contributed by atoms with Gasteiger partial charge in [0.1, 0.15) is 0 Å². The average Bonchev–Trinajstić information content (AvgIpc) is 3.68. The number of benzene rings is 3. The van der Waals surface area contributed by atoms with Gasteiger partial charge < -0.3 is 10.8 Å². The van der Waals surface area contributed by atoms with Crippen LogP contribution in [-0.2, 0) is 14.6 Å². The number of rotatable bonds is 5. The molecule has 1 aromatic heterocycles. The van der Waals surface area contributed by atoms with Crippen LogP contribution in [0.2, 0.25) is 0 Å². The number of nitrogens with zero attached hydrogens (tertiary/aromatic N) is 1. The van der Waals surface area contributed by atoms with Gasteiger partial charge in [0.2, 0.25) is 0 Å². The Hall–Kier alpha value is -3.71. The van der Waals surface area contributed by atoms with Crippen LogP contribution in [0.25, 0.3) is 33.2 Å². The van der Waals surface area contributed by atoms with E-state index in [0.29, 0.717) is 0 Å². The summed E-state index contributed by atoms with van der Waals surface area (Å²) in [7, 11) is -3.30. The van der Waals surface area contributed by atoms with Crippen LogP contribution >= 0.6 is 0 Å². The Labute approximate surface area is 211 Å². The summed E-state index contributed by atoms with van der Waals surface area (Å²) in [5.41, 5.74) is 11.4. The molecule has 186 valence electrons. The third-order valence-electron chi connectivity index (χ3n) is 6.79. The zero-order valence-corrected chi connectivity index (χ0v) is 21.4. The van der Waals surface area contributed by atoms with Gasteiger partial charge >= 0.3 is 6.09 Å². The Morgan fingerprint density at radius 2 is 1.58 bits per heavy atom. The molecule has 0 spiro atoms. The first-order valence-electron chi connectivity index (χ1n) is 11.8. The highest BCUT2D eigenvalue weighted by Crippen LogP contribution is 2.41. The molecule has 0 aliphatic heterocycles. The van der Waals surface area contributed by atoms with Crippen molar-refractivity contribution in [2.75, 3.05) is 6.26 Å². The summed E-state index contributed by atoms with van der Waals surface area (Å²) >= 11 is 0. The Morgan fingerprint density at radius 3 is 2.19 bits per heavy atom. The maximum atomic E-state index is 12.5. The topological polar surface area (TPSA) is 110 Å². The third kappa shape index (κ3) is 5.41. The number of carbonyl (C=O) groups is 1. The lowest BCUT2D eigenvalue weighted by atomic mass is 9.92. The van der Waals surface area contributed by atoms with Crippen LogP contribution in [-0.4, -0.2) is 30.9 Å². The van der Waals surface area contributed by atoms with E-state index in [-0.39, 0.29) is 0 Å². The van der Waals surface area contributed by atoms with E-state index >= 15 is 0 Å². The SMILES string of the molecule is CC(C)(c1cc(-c2cccc(-c3ccc(C4CC4)cc3)c2)c2ncccc2c1)S(C)(=O)=O.NC(=O)O. The van der Waals surface area contributed by atoms with Gasteiger partial charge in [-0.25, -0.2) is 13.2 Å². The van der Waals surface area contributed by atoms with Gasteiger partial charge in [0.15, 0.2) is 9.84 Å². The predicted molar refractivity (Wildman–Crippen MR) is 145 cm³/mol. The molecule has 0 bridgehead atoms. The van der Waals surface area contributed by atoms with Gasteiger partial charge in [0, 0.05) is 23.4 Å². The number of carboxylic acid groups (broad SMARTS) is 1. The van der Waals surface area contributed by atoms with Crippen LogP contribution < -0.4 is 5.73 Å². The van der Waals surface area contributed by atoms with Crippen LogP contribution in [0.1, 0.15) is 43.7 Å². The molecule has 1 heterocycles. The molecule has 1 aliphatic carbocycles. The first-order chi connectivity index (χ1) is 17.0. The molecule has 0 unspecified atom stereocenters. The van der Waals surface area contributed by atoms with E-state index in [4.69, 9.17) is 9.90 Å². The lowest BCUT2D eigenvalue weighted by Gasteiger charge is -2.24. The molecule has 5 rings (SSSR count). The molecule has 7 heteroatoms. The minimum atomic E-state index is -3.30. The van der Waals surface area contributed by atoms with Crippen LogP contribution in [0.4, 0.5) is 4.79 Å². The molecule has 0 atom stereocenters. The van der Waals surface area contributed by atoms with E-state index in [0.717, 1.165) is 39.1 Å². The number of aromatic nitrogens is 1. The van der Waals surface area contributed by atoms with Crippen molar-refractivity contribution in [1.29, 1.82) is 0 Å². The van der Waals surface area contributed by atoms with Crippen molar-refractivity contribution in [3.05, 3.63) is 90.1 Å². The van der Waals surface area contributed by atoms with Crippen molar-refractivity contribution >= 4 is 26.8 Å². The largest absolute Gasteiger partial charge is 0.465 e. The van der Waals surface area contributed by atoms with Gasteiger partial charge in [-0.15, -0.1) is 0 Å². The van der Waals surface area contributed by atoms with E-state index in [2.05, 4.69) is 59.2 Å². The third-order valence-corrected chi connectivity index (χ3v) is 8.88. The number of sulfone groups is 1. The molecule has 36 heavy (non-hydrogen) atoms. The summed E-state index contributed by atoms with van der Waals surface area (Å²) in [5, 5.41) is 8.14. The number of nitrogens with two attached hydrogens (primary N) is 1.